The van der Waals surface area contributed by atoms with Crippen molar-refractivity contribution in [2.24, 2.45) is 11.8 Å². The van der Waals surface area contributed by atoms with Crippen LogP contribution in [0.25, 0.3) is 0 Å². The maximum Gasteiger partial charge on any atom is 0.239 e. The lowest BCUT2D eigenvalue weighted by Crippen LogP contribution is -2.42. The predicted molar refractivity (Wildman–Crippen MR) is 107 cm³/mol. The number of imide groups is 1. The molecule has 0 unspecified atom stereocenters. The number of carbonyl (C=O) groups is 4. The van der Waals surface area contributed by atoms with Gasteiger partial charge in [-0.2, -0.15) is 0 Å². The Kier molecular flexibility index (Phi) is 7.18. The third-order valence-electron chi connectivity index (χ3n) is 5.95. The van der Waals surface area contributed by atoms with Gasteiger partial charge in [0.15, 0.2) is 0 Å². The molecule has 8 heteroatoms. The topological polar surface area (TPSA) is 86.8 Å². The van der Waals surface area contributed by atoms with Crippen molar-refractivity contribution in [1.82, 2.24) is 15.1 Å². The van der Waals surface area contributed by atoms with Crippen LogP contribution in [0.2, 0.25) is 0 Å². The summed E-state index contributed by atoms with van der Waals surface area (Å²) >= 11 is 0. The van der Waals surface area contributed by atoms with Crippen LogP contribution in [0.15, 0.2) is 24.3 Å². The van der Waals surface area contributed by atoms with Gasteiger partial charge in [-0.05, 0) is 37.5 Å². The zero-order valence-electron chi connectivity index (χ0n) is 17.2. The van der Waals surface area contributed by atoms with E-state index in [0.29, 0.717) is 6.54 Å². The van der Waals surface area contributed by atoms with Gasteiger partial charge in [0, 0.05) is 26.1 Å². The normalized spacial score (nSPS) is 20.8. The minimum atomic E-state index is -0.345. The Morgan fingerprint density at radius 2 is 1.70 bits per heavy atom. The van der Waals surface area contributed by atoms with Crippen molar-refractivity contribution < 1.29 is 23.6 Å². The minimum Gasteiger partial charge on any atom is -0.350 e. The lowest BCUT2D eigenvalue weighted by Gasteiger charge is -2.22. The molecule has 1 heterocycles. The van der Waals surface area contributed by atoms with Crippen LogP contribution in [-0.2, 0) is 25.7 Å². The number of likely N-dealkylation sites (N-methyl/N-ethyl adjacent to an activating group) is 1. The number of rotatable bonds is 8. The van der Waals surface area contributed by atoms with Crippen LogP contribution in [0.4, 0.5) is 4.39 Å². The fourth-order valence-electron chi connectivity index (χ4n) is 4.23. The van der Waals surface area contributed by atoms with Gasteiger partial charge in [-0.3, -0.25) is 24.1 Å². The molecule has 1 aliphatic heterocycles. The van der Waals surface area contributed by atoms with Gasteiger partial charge in [-0.15, -0.1) is 0 Å². The molecule has 162 valence electrons. The summed E-state index contributed by atoms with van der Waals surface area (Å²) < 4.78 is 12.9. The van der Waals surface area contributed by atoms with Gasteiger partial charge >= 0.3 is 0 Å². The van der Waals surface area contributed by atoms with E-state index in [0.717, 1.165) is 31.2 Å². The molecule has 0 radical (unpaired) electrons. The molecule has 1 aliphatic carbocycles. The maximum absolute atomic E-state index is 12.9. The molecule has 7 nitrogen and oxygen atoms in total. The van der Waals surface area contributed by atoms with Crippen LogP contribution in [0, 0.1) is 17.7 Å². The van der Waals surface area contributed by atoms with E-state index < -0.39 is 0 Å². The van der Waals surface area contributed by atoms with Gasteiger partial charge in [0.05, 0.1) is 18.4 Å². The van der Waals surface area contributed by atoms with Crippen molar-refractivity contribution in [3.8, 4) is 0 Å². The largest absolute Gasteiger partial charge is 0.350 e. The van der Waals surface area contributed by atoms with Gasteiger partial charge < -0.3 is 10.2 Å². The first-order valence-corrected chi connectivity index (χ1v) is 10.5. The molecule has 1 saturated heterocycles. The minimum absolute atomic E-state index is 0.00992. The third-order valence-corrected chi connectivity index (χ3v) is 5.95. The van der Waals surface area contributed by atoms with E-state index in [1.54, 1.807) is 19.1 Å². The molecule has 0 bridgehead atoms. The van der Waals surface area contributed by atoms with Gasteiger partial charge in [0.25, 0.3) is 0 Å². The summed E-state index contributed by atoms with van der Waals surface area (Å²) in [6.45, 7) is 2.31. The first-order chi connectivity index (χ1) is 14.4. The van der Waals surface area contributed by atoms with E-state index in [1.807, 2.05) is 0 Å². The van der Waals surface area contributed by atoms with Gasteiger partial charge in [0.2, 0.25) is 23.6 Å². The summed E-state index contributed by atoms with van der Waals surface area (Å²) in [5.74, 6) is -1.70. The monoisotopic (exact) mass is 417 g/mol. The average molecular weight is 417 g/mol. The second kappa shape index (κ2) is 9.82. The first kappa shape index (κ1) is 21.9. The van der Waals surface area contributed by atoms with Crippen molar-refractivity contribution in [1.29, 1.82) is 0 Å². The molecule has 4 amide bonds. The summed E-state index contributed by atoms with van der Waals surface area (Å²) in [4.78, 5) is 52.4. The molecule has 1 N–H and O–H groups in total. The average Bonchev–Trinajstić information content (AvgIpc) is 3.00. The summed E-state index contributed by atoms with van der Waals surface area (Å²) in [6, 6.07) is 5.81. The van der Waals surface area contributed by atoms with E-state index >= 15 is 0 Å². The summed E-state index contributed by atoms with van der Waals surface area (Å²) in [5.41, 5.74) is 0.756. The molecule has 1 aromatic rings. The number of nitrogens with one attached hydrogen (secondary N) is 1. The Labute approximate surface area is 175 Å². The Morgan fingerprint density at radius 3 is 2.27 bits per heavy atom. The quantitative estimate of drug-likeness (QED) is 0.654. The summed E-state index contributed by atoms with van der Waals surface area (Å²) in [5, 5.41) is 2.71. The van der Waals surface area contributed by atoms with Crippen molar-refractivity contribution in [3.63, 3.8) is 0 Å². The SMILES string of the molecule is CCN(CC(=O)NCc1ccc(F)cc1)C(=O)CCN1C(=O)[C@@H]2CCCC[C@H]2C1=O. The smallest absolute Gasteiger partial charge is 0.239 e. The van der Waals surface area contributed by atoms with Crippen molar-refractivity contribution >= 4 is 23.6 Å². The second-order valence-electron chi connectivity index (χ2n) is 7.89. The highest BCUT2D eigenvalue weighted by Crippen LogP contribution is 2.37. The van der Waals surface area contributed by atoms with Crippen LogP contribution >= 0.6 is 0 Å². The van der Waals surface area contributed by atoms with E-state index in [4.69, 9.17) is 0 Å². The highest BCUT2D eigenvalue weighted by Gasteiger charge is 2.47. The Hall–Kier alpha value is -2.77. The fraction of sp³-hybridized carbons (Fsp3) is 0.545. The highest BCUT2D eigenvalue weighted by molar-refractivity contribution is 6.05. The Morgan fingerprint density at radius 1 is 1.10 bits per heavy atom. The first-order valence-electron chi connectivity index (χ1n) is 10.5. The lowest BCUT2D eigenvalue weighted by atomic mass is 9.81. The number of fused-ring (bicyclic) bond motifs is 1. The van der Waals surface area contributed by atoms with Gasteiger partial charge in [0.1, 0.15) is 5.82 Å². The lowest BCUT2D eigenvalue weighted by molar-refractivity contribution is -0.141. The molecule has 2 fully saturated rings. The molecular weight excluding hydrogens is 389 g/mol. The maximum atomic E-state index is 12.9. The third kappa shape index (κ3) is 5.04. The second-order valence-corrected chi connectivity index (χ2v) is 7.89. The van der Waals surface area contributed by atoms with E-state index in [9.17, 15) is 23.6 Å². The van der Waals surface area contributed by atoms with Crippen molar-refractivity contribution in [2.75, 3.05) is 19.6 Å². The molecule has 30 heavy (non-hydrogen) atoms. The van der Waals surface area contributed by atoms with E-state index in [2.05, 4.69) is 5.32 Å². The highest BCUT2D eigenvalue weighted by atomic mass is 19.1. The standard InChI is InChI=1S/C22H28FN3O4/c1-2-25(14-19(27)24-13-15-7-9-16(23)10-8-15)20(28)11-12-26-21(29)17-5-3-4-6-18(17)22(26)30/h7-10,17-18H,2-6,11-14H2,1H3,(H,24,27)/t17-,18-/m1/s1. The molecule has 0 spiro atoms. The number of carbonyl (C=O) groups excluding carboxylic acids is 4. The number of likely N-dealkylation sites (tertiary alicyclic amines) is 1. The summed E-state index contributed by atoms with van der Waals surface area (Å²) in [7, 11) is 0. The number of halogens is 1. The molecular formula is C22H28FN3O4. The van der Waals surface area contributed by atoms with Crippen LogP contribution < -0.4 is 5.32 Å². The number of hydrogen-bond acceptors (Lipinski definition) is 4. The number of amides is 4. The fourth-order valence-corrected chi connectivity index (χ4v) is 4.23. The van der Waals surface area contributed by atoms with E-state index in [-0.39, 0.29) is 67.3 Å². The van der Waals surface area contributed by atoms with Crippen LogP contribution in [0.5, 0.6) is 0 Å². The van der Waals surface area contributed by atoms with Crippen LogP contribution in [0.1, 0.15) is 44.6 Å². The Balaban J connectivity index is 1.47. The van der Waals surface area contributed by atoms with Crippen LogP contribution in [0.3, 0.4) is 0 Å². The predicted octanol–water partition coefficient (Wildman–Crippen LogP) is 1.86. The van der Waals surface area contributed by atoms with Crippen LogP contribution in [-0.4, -0.2) is 53.1 Å². The van der Waals surface area contributed by atoms with Crippen molar-refractivity contribution in [3.05, 3.63) is 35.6 Å². The van der Waals surface area contributed by atoms with Gasteiger partial charge in [-0.1, -0.05) is 25.0 Å². The Bertz CT molecular complexity index is 787. The molecule has 1 saturated carbocycles. The molecule has 2 atom stereocenters. The molecule has 3 rings (SSSR count). The van der Waals surface area contributed by atoms with Gasteiger partial charge in [-0.25, -0.2) is 4.39 Å². The number of hydrogen-bond donors (Lipinski definition) is 1. The zero-order valence-corrected chi connectivity index (χ0v) is 17.2. The zero-order chi connectivity index (χ0) is 21.7. The number of nitrogens with zero attached hydrogens (tertiary/aromatic N) is 2. The number of benzene rings is 1. The van der Waals surface area contributed by atoms with Crippen molar-refractivity contribution in [2.45, 2.75) is 45.6 Å². The summed E-state index contributed by atoms with van der Waals surface area (Å²) in [6.07, 6.45) is 3.42. The molecule has 0 aromatic heterocycles. The van der Waals surface area contributed by atoms with E-state index in [1.165, 1.54) is 21.9 Å². The molecule has 2 aliphatic rings. The molecule has 1 aromatic carbocycles.